The maximum Gasteiger partial charge on any atom is 0.305 e. The van der Waals surface area contributed by atoms with Crippen LogP contribution >= 0.6 is 20.1 Å². The lowest BCUT2D eigenvalue weighted by Crippen LogP contribution is -2.07. The van der Waals surface area contributed by atoms with Crippen LogP contribution in [0.15, 0.2) is 48.5 Å². The molecule has 2 aromatic rings. The molecule has 0 amide bonds. The predicted molar refractivity (Wildman–Crippen MR) is 85.8 cm³/mol. The van der Waals surface area contributed by atoms with Crippen LogP contribution in [0, 0.1) is 5.82 Å². The van der Waals surface area contributed by atoms with E-state index in [4.69, 9.17) is 16.7 Å². The minimum absolute atomic E-state index is 0.0433. The number of aliphatic carboxylic acids is 1. The van der Waals surface area contributed by atoms with Crippen molar-refractivity contribution in [2.45, 2.75) is 6.42 Å². The lowest BCUT2D eigenvalue weighted by Gasteiger charge is -2.03. The Bertz CT molecular complexity index is 605. The molecule has 0 unspecified atom stereocenters. The zero-order valence-corrected chi connectivity index (χ0v) is 13.2. The second-order valence-corrected chi connectivity index (χ2v) is 5.28. The third kappa shape index (κ3) is 7.72. The Morgan fingerprint density at radius 3 is 2.23 bits per heavy atom. The van der Waals surface area contributed by atoms with E-state index in [1.165, 1.54) is 12.1 Å². The summed E-state index contributed by atoms with van der Waals surface area (Å²) in [6.45, 7) is 0.348. The van der Waals surface area contributed by atoms with Crippen LogP contribution in [0.3, 0.4) is 0 Å². The molecule has 0 radical (unpaired) electrons. The highest BCUT2D eigenvalue weighted by atomic mass is 35.5. The molecule has 0 aliphatic rings. The minimum atomic E-state index is -0.852. The van der Waals surface area contributed by atoms with Crippen molar-refractivity contribution >= 4 is 37.0 Å². The topological polar surface area (TPSA) is 66.4 Å². The number of nitrogens with one attached hydrogen (secondary N) is 1. The standard InChI is InChI=1S/C9H10FNO2.C6H4ClOP/c10-7-1-3-8(4-2-7)11-6-5-9(12)13;7-5-1-3-6(9-8)4-2-5/h1-4,11H,5-6H2,(H,12,13);1-4H. The highest BCUT2D eigenvalue weighted by molar-refractivity contribution is 7.34. The number of carbonyl (C=O) groups is 1. The van der Waals surface area contributed by atoms with Crippen LogP contribution in [0.2, 0.25) is 5.02 Å². The van der Waals surface area contributed by atoms with Crippen molar-refractivity contribution < 1.29 is 18.9 Å². The molecule has 2 N–H and O–H groups in total. The van der Waals surface area contributed by atoms with Gasteiger partial charge in [0.2, 0.25) is 0 Å². The van der Waals surface area contributed by atoms with Gasteiger partial charge in [0.1, 0.15) is 5.82 Å². The van der Waals surface area contributed by atoms with Crippen molar-refractivity contribution in [1.29, 1.82) is 0 Å². The Morgan fingerprint density at radius 1 is 1.14 bits per heavy atom. The molecule has 0 saturated carbocycles. The van der Waals surface area contributed by atoms with Crippen molar-refractivity contribution in [2.75, 3.05) is 11.9 Å². The summed E-state index contributed by atoms with van der Waals surface area (Å²) in [5.74, 6) is -1.15. The molecular formula is C15H14ClFNO3P. The van der Waals surface area contributed by atoms with Crippen molar-refractivity contribution in [1.82, 2.24) is 0 Å². The molecule has 7 heteroatoms. The number of anilines is 1. The second kappa shape index (κ2) is 9.87. The smallest absolute Gasteiger partial charge is 0.305 e. The Labute approximate surface area is 134 Å². The molecule has 2 aromatic carbocycles. The zero-order chi connectivity index (χ0) is 16.4. The fourth-order valence-electron chi connectivity index (χ4n) is 1.38. The quantitative estimate of drug-likeness (QED) is 0.808. The number of carboxylic acids is 1. The Morgan fingerprint density at radius 2 is 1.73 bits per heavy atom. The molecule has 0 aliphatic carbocycles. The molecule has 0 aliphatic heterocycles. The Kier molecular flexibility index (Phi) is 8.11. The van der Waals surface area contributed by atoms with Gasteiger partial charge in [-0.05, 0) is 48.5 Å². The third-order valence-corrected chi connectivity index (χ3v) is 3.21. The summed E-state index contributed by atoms with van der Waals surface area (Å²) in [5.41, 5.74) is 0.725. The van der Waals surface area contributed by atoms with E-state index in [-0.39, 0.29) is 20.7 Å². The summed E-state index contributed by atoms with van der Waals surface area (Å²) in [5, 5.41) is 12.6. The van der Waals surface area contributed by atoms with Crippen LogP contribution in [0.1, 0.15) is 6.42 Å². The van der Waals surface area contributed by atoms with Crippen molar-refractivity contribution in [2.24, 2.45) is 0 Å². The highest BCUT2D eigenvalue weighted by Crippen LogP contribution is 2.07. The molecule has 0 spiro atoms. The SMILES string of the molecule is O=C(O)CCNc1ccc(F)cc1.O=Pc1ccc(Cl)cc1. The van der Waals surface area contributed by atoms with Gasteiger partial charge in [-0.15, -0.1) is 0 Å². The van der Waals surface area contributed by atoms with Gasteiger partial charge in [-0.1, -0.05) is 11.6 Å². The van der Waals surface area contributed by atoms with E-state index in [0.29, 0.717) is 11.6 Å². The summed E-state index contributed by atoms with van der Waals surface area (Å²) in [4.78, 5) is 10.1. The lowest BCUT2D eigenvalue weighted by atomic mass is 10.3. The molecule has 4 nitrogen and oxygen atoms in total. The van der Waals surface area contributed by atoms with E-state index in [1.54, 1.807) is 36.4 Å². The van der Waals surface area contributed by atoms with E-state index in [1.807, 2.05) is 0 Å². The number of halogens is 2. The highest BCUT2D eigenvalue weighted by Gasteiger charge is 1.96. The van der Waals surface area contributed by atoms with Gasteiger partial charge in [-0.2, -0.15) is 0 Å². The second-order valence-electron chi connectivity index (χ2n) is 4.15. The first-order valence-corrected chi connectivity index (χ1v) is 7.50. The largest absolute Gasteiger partial charge is 0.481 e. The monoisotopic (exact) mass is 341 g/mol. The Balaban J connectivity index is 0.000000235. The molecule has 0 aromatic heterocycles. The van der Waals surface area contributed by atoms with Crippen LogP contribution < -0.4 is 10.6 Å². The maximum atomic E-state index is 12.4. The van der Waals surface area contributed by atoms with E-state index in [9.17, 15) is 13.8 Å². The van der Waals surface area contributed by atoms with Gasteiger partial charge in [0, 0.05) is 22.6 Å². The summed E-state index contributed by atoms with van der Waals surface area (Å²) in [6, 6.07) is 12.6. The van der Waals surface area contributed by atoms with Gasteiger partial charge in [0.15, 0.2) is 8.46 Å². The molecule has 0 heterocycles. The first kappa shape index (κ1) is 18.1. The summed E-state index contributed by atoms with van der Waals surface area (Å²) >= 11 is 5.56. The van der Waals surface area contributed by atoms with Crippen molar-refractivity contribution in [3.8, 4) is 0 Å². The van der Waals surface area contributed by atoms with E-state index in [2.05, 4.69) is 5.32 Å². The van der Waals surface area contributed by atoms with Crippen LogP contribution in [-0.2, 0) is 9.36 Å². The molecule has 116 valence electrons. The van der Waals surface area contributed by atoms with Gasteiger partial charge >= 0.3 is 5.97 Å². The fraction of sp³-hybridized carbons (Fsp3) is 0.133. The van der Waals surface area contributed by atoms with Gasteiger partial charge in [-0.3, -0.25) is 9.36 Å². The first-order valence-electron chi connectivity index (χ1n) is 6.31. The van der Waals surface area contributed by atoms with Crippen LogP contribution in [0.25, 0.3) is 0 Å². The average Bonchev–Trinajstić information content (AvgIpc) is 2.50. The van der Waals surface area contributed by atoms with Crippen LogP contribution in [-0.4, -0.2) is 17.6 Å². The molecular weight excluding hydrogens is 328 g/mol. The predicted octanol–water partition coefficient (Wildman–Crippen LogP) is 3.97. The van der Waals surface area contributed by atoms with E-state index in [0.717, 1.165) is 11.0 Å². The Hall–Kier alpha value is -1.97. The molecule has 0 bridgehead atoms. The maximum absolute atomic E-state index is 12.4. The van der Waals surface area contributed by atoms with Crippen molar-refractivity contribution in [3.63, 3.8) is 0 Å². The third-order valence-electron chi connectivity index (χ3n) is 2.44. The number of hydrogen-bond acceptors (Lipinski definition) is 3. The number of hydrogen-bond donors (Lipinski definition) is 2. The van der Waals surface area contributed by atoms with Gasteiger partial charge < -0.3 is 10.4 Å². The van der Waals surface area contributed by atoms with E-state index >= 15 is 0 Å². The van der Waals surface area contributed by atoms with Gasteiger partial charge in [-0.25, -0.2) is 4.39 Å². The van der Waals surface area contributed by atoms with Gasteiger partial charge in [0.25, 0.3) is 0 Å². The normalized spacial score (nSPS) is 9.73. The molecule has 0 saturated heterocycles. The lowest BCUT2D eigenvalue weighted by molar-refractivity contribution is -0.136. The molecule has 2 rings (SSSR count). The average molecular weight is 342 g/mol. The molecule has 0 atom stereocenters. The summed E-state index contributed by atoms with van der Waals surface area (Å²) in [6.07, 6.45) is 0.0530. The molecule has 22 heavy (non-hydrogen) atoms. The number of benzene rings is 2. The minimum Gasteiger partial charge on any atom is -0.481 e. The van der Waals surface area contributed by atoms with Crippen LogP contribution in [0.4, 0.5) is 10.1 Å². The number of carboxylic acid groups (broad SMARTS) is 1. The molecule has 0 fully saturated rings. The van der Waals surface area contributed by atoms with Crippen molar-refractivity contribution in [3.05, 3.63) is 59.4 Å². The fourth-order valence-corrected chi connectivity index (χ4v) is 1.78. The summed E-state index contributed by atoms with van der Waals surface area (Å²) in [7, 11) is 0.0433. The first-order chi connectivity index (χ1) is 10.5. The number of rotatable bonds is 5. The summed E-state index contributed by atoms with van der Waals surface area (Å²) < 4.78 is 22.6. The van der Waals surface area contributed by atoms with E-state index < -0.39 is 5.97 Å². The van der Waals surface area contributed by atoms with Gasteiger partial charge in [0.05, 0.1) is 6.42 Å². The van der Waals surface area contributed by atoms with Crippen LogP contribution in [0.5, 0.6) is 0 Å². The zero-order valence-electron chi connectivity index (χ0n) is 11.5.